The van der Waals surface area contributed by atoms with Gasteiger partial charge in [0, 0.05) is 40.8 Å². The maximum atomic E-state index is 13.2. The molecule has 63 heavy (non-hydrogen) atoms. The van der Waals surface area contributed by atoms with Gasteiger partial charge in [0.05, 0.1) is 32.2 Å². The number of hydrogen-bond donors (Lipinski definition) is 5. The number of hydrogen-bond acceptors (Lipinski definition) is 10. The van der Waals surface area contributed by atoms with Crippen molar-refractivity contribution in [3.05, 3.63) is 65.7 Å². The number of benzene rings is 2. The van der Waals surface area contributed by atoms with Crippen LogP contribution in [-0.4, -0.2) is 129 Å². The Kier molecular flexibility index (Phi) is 30.6. The van der Waals surface area contributed by atoms with Crippen LogP contribution in [0.4, 0.5) is 0 Å². The van der Waals surface area contributed by atoms with Crippen LogP contribution in [0.5, 0.6) is 5.75 Å². The molecule has 0 aliphatic heterocycles. The van der Waals surface area contributed by atoms with Gasteiger partial charge in [-0.2, -0.15) is 0 Å². The second kappa shape index (κ2) is 33.7. The van der Waals surface area contributed by atoms with Crippen LogP contribution in [-0.2, 0) is 49.5 Å². The molecule has 0 radical (unpaired) electrons. The highest BCUT2D eigenvalue weighted by Gasteiger charge is 2.31. The molecule has 0 aromatic heterocycles. The third kappa shape index (κ3) is 23.3. The number of ketones is 1. The molecule has 17 nitrogen and oxygen atoms in total. The summed E-state index contributed by atoms with van der Waals surface area (Å²) in [6, 6.07) is 12.4. The zero-order chi connectivity index (χ0) is 47.7. The lowest BCUT2D eigenvalue weighted by atomic mass is 9.91. The number of nitrogens with one attached hydrogen (secondary N) is 4. The average Bonchev–Trinajstić information content (AvgIpc) is 3.28. The van der Waals surface area contributed by atoms with Gasteiger partial charge in [-0.25, -0.2) is 0 Å². The van der Waals surface area contributed by atoms with E-state index in [2.05, 4.69) is 28.2 Å². The van der Waals surface area contributed by atoms with Crippen molar-refractivity contribution in [2.75, 3.05) is 54.1 Å². The lowest BCUT2D eigenvalue weighted by molar-refractivity contribution is -0.143. The van der Waals surface area contributed by atoms with Crippen molar-refractivity contribution in [1.82, 2.24) is 31.1 Å². The predicted molar refractivity (Wildman–Crippen MR) is 241 cm³/mol. The summed E-state index contributed by atoms with van der Waals surface area (Å²) >= 11 is 0. The maximum absolute atomic E-state index is 13.2. The summed E-state index contributed by atoms with van der Waals surface area (Å²) in [7, 11) is 4.70. The van der Waals surface area contributed by atoms with Gasteiger partial charge in [0.2, 0.25) is 35.3 Å². The van der Waals surface area contributed by atoms with E-state index >= 15 is 0 Å². The maximum Gasteiger partial charge on any atom is 0.290 e. The molecule has 5 N–H and O–H groups in total. The molecule has 0 spiro atoms. The van der Waals surface area contributed by atoms with Gasteiger partial charge in [-0.3, -0.25) is 38.4 Å². The molecule has 352 valence electrons. The predicted octanol–water partition coefficient (Wildman–Crippen LogP) is 3.84. The summed E-state index contributed by atoms with van der Waals surface area (Å²) in [6.07, 6.45) is 8.36. The molecule has 1 aliphatic carbocycles. The van der Waals surface area contributed by atoms with Gasteiger partial charge in [-0.15, -0.1) is 0 Å². The summed E-state index contributed by atoms with van der Waals surface area (Å²) in [6.45, 7) is 11.0. The highest BCUT2D eigenvalue weighted by Crippen LogP contribution is 2.22. The van der Waals surface area contributed by atoms with Crippen LogP contribution in [0, 0.1) is 5.92 Å². The third-order valence-electron chi connectivity index (χ3n) is 9.59. The van der Waals surface area contributed by atoms with Crippen LogP contribution in [0.2, 0.25) is 0 Å². The Hall–Kier alpha value is -5.84. The summed E-state index contributed by atoms with van der Waals surface area (Å²) in [5.74, 6) is -3.14. The van der Waals surface area contributed by atoms with Gasteiger partial charge in [0.1, 0.15) is 17.8 Å². The highest BCUT2D eigenvalue weighted by atomic mass is 16.5. The van der Waals surface area contributed by atoms with E-state index in [1.165, 1.54) is 48.8 Å². The Labute approximate surface area is 373 Å². The van der Waals surface area contributed by atoms with Crippen molar-refractivity contribution in [3.63, 3.8) is 0 Å². The molecule has 0 saturated heterocycles. The van der Waals surface area contributed by atoms with E-state index in [0.717, 1.165) is 12.3 Å². The first-order chi connectivity index (χ1) is 30.1. The summed E-state index contributed by atoms with van der Waals surface area (Å²) < 4.78 is 10.7. The number of carboxylic acid groups (broad SMARTS) is 1. The number of carbonyl (C=O) groups is 8. The SMILES string of the molecule is CC.CC1CCCCC1.CCC(C(=O)NC(C)C(=O)C(=O)NCC(=O)NC(C(=O)N(C)C)c1ccccc1)N(CC)C(=O)CNC(=O)Cc1cccc(OCCCOC)c1.O=CO. The number of likely N-dealkylation sites (N-methyl/N-ethyl adjacent to an activating group) is 2. The lowest BCUT2D eigenvalue weighted by Crippen LogP contribution is -2.55. The number of rotatable bonds is 21. The smallest absolute Gasteiger partial charge is 0.290 e. The first-order valence-corrected chi connectivity index (χ1v) is 21.7. The molecule has 0 heterocycles. The van der Waals surface area contributed by atoms with E-state index in [1.807, 2.05) is 13.8 Å². The molecule has 1 fully saturated rings. The van der Waals surface area contributed by atoms with Crippen molar-refractivity contribution in [1.29, 1.82) is 0 Å². The molecular formula is C46H72N6O11. The van der Waals surface area contributed by atoms with Crippen molar-refractivity contribution in [2.45, 2.75) is 111 Å². The summed E-state index contributed by atoms with van der Waals surface area (Å²) in [5, 5.41) is 16.7. The Morgan fingerprint density at radius 2 is 1.49 bits per heavy atom. The van der Waals surface area contributed by atoms with E-state index < -0.39 is 60.0 Å². The zero-order valence-corrected chi connectivity index (χ0v) is 38.7. The van der Waals surface area contributed by atoms with E-state index in [9.17, 15) is 33.6 Å². The fourth-order valence-electron chi connectivity index (χ4n) is 6.31. The van der Waals surface area contributed by atoms with Crippen molar-refractivity contribution in [3.8, 4) is 5.75 Å². The van der Waals surface area contributed by atoms with Crippen LogP contribution < -0.4 is 26.0 Å². The van der Waals surface area contributed by atoms with Crippen molar-refractivity contribution < 1.29 is 52.9 Å². The van der Waals surface area contributed by atoms with Crippen LogP contribution in [0.15, 0.2) is 54.6 Å². The Bertz CT molecular complexity index is 1690. The first kappa shape index (κ1) is 57.2. The van der Waals surface area contributed by atoms with Gasteiger partial charge in [0.15, 0.2) is 0 Å². The van der Waals surface area contributed by atoms with Crippen molar-refractivity contribution in [2.24, 2.45) is 5.92 Å². The number of nitrogens with zero attached hydrogens (tertiary/aromatic N) is 2. The quantitative estimate of drug-likeness (QED) is 0.0687. The fraction of sp³-hybridized carbons (Fsp3) is 0.565. The molecule has 1 aliphatic rings. The number of ether oxygens (including phenoxy) is 2. The van der Waals surface area contributed by atoms with E-state index in [1.54, 1.807) is 89.6 Å². The minimum absolute atomic E-state index is 0.0114. The highest BCUT2D eigenvalue weighted by molar-refractivity contribution is 6.38. The number of carbonyl (C=O) groups excluding carboxylic acids is 7. The molecule has 6 amide bonds. The standard InChI is InChI=1S/C36H50N6O9.C7H14.C2H6.CH2O2/c1-7-28(42(8-2)31(45)23-37-29(43)21-25-14-12-17-27(20-25)51-19-13-18-50-6)34(47)39-24(3)33(46)35(48)38-22-30(44)40-32(36(49)41(4)5)26-15-10-9-11-16-26;1-7-5-3-2-4-6-7;1-2;2-1-3/h9-12,14-17,20,24,28,32H,7-8,13,18-19,21-23H2,1-6H3,(H,37,43)(H,38,48)(H,39,47)(H,40,44);7H,2-6H2,1H3;1-2H3;1H,(H,2,3). The van der Waals surface area contributed by atoms with E-state index in [0.29, 0.717) is 30.1 Å². The normalized spacial score (nSPS) is 13.1. The minimum Gasteiger partial charge on any atom is -0.493 e. The number of Topliss-reactive ketones (excluding diaryl/α,β-unsaturated/α-hetero) is 1. The number of methoxy groups -OCH3 is 1. The molecule has 2 aromatic rings. The second-order valence-electron chi connectivity index (χ2n) is 14.7. The van der Waals surface area contributed by atoms with E-state index in [-0.39, 0.29) is 38.3 Å². The molecule has 2 aromatic carbocycles. The zero-order valence-electron chi connectivity index (χ0n) is 38.7. The second-order valence-corrected chi connectivity index (χ2v) is 14.7. The van der Waals surface area contributed by atoms with Crippen LogP contribution >= 0.6 is 0 Å². The third-order valence-corrected chi connectivity index (χ3v) is 9.59. The van der Waals surface area contributed by atoms with E-state index in [4.69, 9.17) is 19.4 Å². The van der Waals surface area contributed by atoms with Gasteiger partial charge in [0.25, 0.3) is 12.4 Å². The lowest BCUT2D eigenvalue weighted by Gasteiger charge is -2.30. The van der Waals surface area contributed by atoms with Crippen LogP contribution in [0.3, 0.4) is 0 Å². The minimum atomic E-state index is -1.28. The molecule has 0 bridgehead atoms. The van der Waals surface area contributed by atoms with Gasteiger partial charge >= 0.3 is 0 Å². The molecule has 3 atom stereocenters. The summed E-state index contributed by atoms with van der Waals surface area (Å²) in [4.78, 5) is 101. The Balaban J connectivity index is 0.00000279. The molecule has 3 rings (SSSR count). The van der Waals surface area contributed by atoms with Crippen LogP contribution in [0.1, 0.15) is 104 Å². The largest absolute Gasteiger partial charge is 0.493 e. The first-order valence-electron chi connectivity index (χ1n) is 21.7. The molecule has 17 heteroatoms. The average molecular weight is 885 g/mol. The Morgan fingerprint density at radius 1 is 0.857 bits per heavy atom. The Morgan fingerprint density at radius 3 is 2.03 bits per heavy atom. The summed E-state index contributed by atoms with van der Waals surface area (Å²) in [5.41, 5.74) is 1.23. The molecule has 3 unspecified atom stereocenters. The van der Waals surface area contributed by atoms with Gasteiger partial charge in [-0.05, 0) is 49.4 Å². The van der Waals surface area contributed by atoms with Gasteiger partial charge < -0.3 is 45.6 Å². The molecular weight excluding hydrogens is 813 g/mol. The topological polar surface area (TPSA) is 230 Å². The number of amides is 6. The van der Waals surface area contributed by atoms with Gasteiger partial charge in [-0.1, -0.05) is 102 Å². The van der Waals surface area contributed by atoms with Crippen molar-refractivity contribution >= 4 is 47.7 Å². The monoisotopic (exact) mass is 885 g/mol. The van der Waals surface area contributed by atoms with Crippen LogP contribution in [0.25, 0.3) is 0 Å². The fourth-order valence-corrected chi connectivity index (χ4v) is 6.31. The molecule has 1 saturated carbocycles.